The third kappa shape index (κ3) is 2.15. The zero-order chi connectivity index (χ0) is 13.5. The Balaban J connectivity index is 1.77. The van der Waals surface area contributed by atoms with E-state index in [1.165, 1.54) is 7.11 Å². The predicted molar refractivity (Wildman–Crippen MR) is 70.5 cm³/mol. The zero-order valence-electron chi connectivity index (χ0n) is 10.7. The van der Waals surface area contributed by atoms with Gasteiger partial charge in [-0.05, 0) is 24.3 Å². The Bertz CT molecular complexity index is 496. The number of nitrogens with one attached hydrogen (secondary N) is 1. The molecule has 1 amide bonds. The molecule has 0 aromatic carbocycles. The summed E-state index contributed by atoms with van der Waals surface area (Å²) in [6.07, 6.45) is 1.92. The number of rotatable bonds is 4. The van der Waals surface area contributed by atoms with E-state index in [1.807, 2.05) is 17.5 Å². The van der Waals surface area contributed by atoms with Crippen LogP contribution in [-0.2, 0) is 14.3 Å². The third-order valence-electron chi connectivity index (χ3n) is 3.74. The van der Waals surface area contributed by atoms with E-state index in [0.29, 0.717) is 6.54 Å². The van der Waals surface area contributed by atoms with Gasteiger partial charge in [-0.25, -0.2) is 0 Å². The van der Waals surface area contributed by atoms with Gasteiger partial charge in [0.15, 0.2) is 0 Å². The number of thiophene rings is 1. The Morgan fingerprint density at radius 2 is 2.42 bits per heavy atom. The number of carbonyl (C=O) groups excluding carboxylic acids is 2. The molecule has 3 rings (SSSR count). The standard InChI is InChI=1S/C13H16N2O3S/c1-18-10(16)4-7-15-11(9-3-2-8-19-9)14-13(5-6-13)12(15)17/h2-3,8,11,14H,4-7H2,1H3. The highest BCUT2D eigenvalue weighted by atomic mass is 32.1. The highest BCUT2D eigenvalue weighted by Crippen LogP contribution is 2.46. The molecule has 1 atom stereocenters. The van der Waals surface area contributed by atoms with Crippen LogP contribution in [-0.4, -0.2) is 36.0 Å². The molecule has 1 aliphatic carbocycles. The summed E-state index contributed by atoms with van der Waals surface area (Å²) in [7, 11) is 1.37. The summed E-state index contributed by atoms with van der Waals surface area (Å²) in [6, 6.07) is 3.99. The van der Waals surface area contributed by atoms with Gasteiger partial charge in [-0.1, -0.05) is 6.07 Å². The molecule has 0 bridgehead atoms. The van der Waals surface area contributed by atoms with Gasteiger partial charge in [0, 0.05) is 11.4 Å². The summed E-state index contributed by atoms with van der Waals surface area (Å²) in [5.41, 5.74) is -0.356. The number of nitrogens with zero attached hydrogens (tertiary/aromatic N) is 1. The zero-order valence-corrected chi connectivity index (χ0v) is 11.5. The van der Waals surface area contributed by atoms with E-state index in [2.05, 4.69) is 10.1 Å². The lowest BCUT2D eigenvalue weighted by atomic mass is 10.2. The third-order valence-corrected chi connectivity index (χ3v) is 4.67. The molecule has 1 unspecified atom stereocenters. The molecule has 1 aromatic heterocycles. The molecule has 1 spiro atoms. The first-order valence-corrected chi connectivity index (χ1v) is 7.23. The monoisotopic (exact) mass is 280 g/mol. The fraction of sp³-hybridized carbons (Fsp3) is 0.538. The molecule has 5 nitrogen and oxygen atoms in total. The van der Waals surface area contributed by atoms with Crippen LogP contribution in [0.1, 0.15) is 30.3 Å². The molecule has 2 fully saturated rings. The maximum atomic E-state index is 12.4. The number of methoxy groups -OCH3 is 1. The minimum absolute atomic E-state index is 0.0975. The fourth-order valence-corrected chi connectivity index (χ4v) is 3.28. The second-order valence-corrected chi connectivity index (χ2v) is 5.95. The van der Waals surface area contributed by atoms with Gasteiger partial charge >= 0.3 is 5.97 Å². The molecule has 2 aliphatic rings. The number of esters is 1. The summed E-state index contributed by atoms with van der Waals surface area (Å²) < 4.78 is 4.64. The number of hydrogen-bond acceptors (Lipinski definition) is 5. The van der Waals surface area contributed by atoms with Crippen molar-refractivity contribution in [2.24, 2.45) is 0 Å². The largest absolute Gasteiger partial charge is 0.469 e. The van der Waals surface area contributed by atoms with E-state index in [1.54, 1.807) is 16.2 Å². The Morgan fingerprint density at radius 3 is 3.00 bits per heavy atom. The van der Waals surface area contributed by atoms with Crippen LogP contribution < -0.4 is 5.32 Å². The second-order valence-electron chi connectivity index (χ2n) is 4.97. The average Bonchev–Trinajstić information content (AvgIpc) is 2.89. The van der Waals surface area contributed by atoms with Crippen LogP contribution in [0.5, 0.6) is 0 Å². The van der Waals surface area contributed by atoms with E-state index in [4.69, 9.17) is 0 Å². The van der Waals surface area contributed by atoms with Gasteiger partial charge in [-0.15, -0.1) is 11.3 Å². The minimum Gasteiger partial charge on any atom is -0.469 e. The molecule has 1 saturated heterocycles. The molecular formula is C13H16N2O3S. The van der Waals surface area contributed by atoms with Crippen LogP contribution in [0.4, 0.5) is 0 Å². The molecule has 1 aromatic rings. The lowest BCUT2D eigenvalue weighted by Gasteiger charge is -2.22. The van der Waals surface area contributed by atoms with E-state index in [0.717, 1.165) is 17.7 Å². The molecule has 2 heterocycles. The van der Waals surface area contributed by atoms with Crippen molar-refractivity contribution in [3.8, 4) is 0 Å². The first-order chi connectivity index (χ1) is 9.16. The topological polar surface area (TPSA) is 58.6 Å². The Labute approximate surface area is 115 Å². The van der Waals surface area contributed by atoms with Crippen LogP contribution in [0.15, 0.2) is 17.5 Å². The van der Waals surface area contributed by atoms with E-state index >= 15 is 0 Å². The van der Waals surface area contributed by atoms with Crippen molar-refractivity contribution >= 4 is 23.2 Å². The SMILES string of the molecule is COC(=O)CCN1C(=O)C2(CC2)NC1c1cccs1. The van der Waals surface area contributed by atoms with Crippen molar-refractivity contribution in [2.75, 3.05) is 13.7 Å². The Hall–Kier alpha value is -1.40. The van der Waals surface area contributed by atoms with E-state index in [9.17, 15) is 9.59 Å². The normalized spacial score (nSPS) is 23.9. The number of amides is 1. The van der Waals surface area contributed by atoms with Crippen molar-refractivity contribution in [1.82, 2.24) is 10.2 Å². The van der Waals surface area contributed by atoms with Gasteiger partial charge in [0.1, 0.15) is 11.7 Å². The van der Waals surface area contributed by atoms with Gasteiger partial charge in [0.25, 0.3) is 0 Å². The molecule has 19 heavy (non-hydrogen) atoms. The molecule has 6 heteroatoms. The molecule has 1 N–H and O–H groups in total. The first-order valence-electron chi connectivity index (χ1n) is 6.35. The maximum Gasteiger partial charge on any atom is 0.307 e. The van der Waals surface area contributed by atoms with Crippen LogP contribution >= 0.6 is 11.3 Å². The Morgan fingerprint density at radius 1 is 1.63 bits per heavy atom. The van der Waals surface area contributed by atoms with Crippen molar-refractivity contribution < 1.29 is 14.3 Å². The molecule has 1 saturated carbocycles. The van der Waals surface area contributed by atoms with Crippen molar-refractivity contribution in [3.05, 3.63) is 22.4 Å². The second kappa shape index (κ2) is 4.61. The summed E-state index contributed by atoms with van der Waals surface area (Å²) in [5, 5.41) is 5.42. The van der Waals surface area contributed by atoms with Crippen molar-refractivity contribution in [3.63, 3.8) is 0 Å². The quantitative estimate of drug-likeness (QED) is 0.844. The molecule has 102 valence electrons. The Kier molecular flexibility index (Phi) is 3.06. The van der Waals surface area contributed by atoms with Gasteiger partial charge in [-0.3, -0.25) is 14.9 Å². The fourth-order valence-electron chi connectivity index (χ4n) is 2.49. The van der Waals surface area contributed by atoms with E-state index < -0.39 is 0 Å². The number of hydrogen-bond donors (Lipinski definition) is 1. The number of carbonyl (C=O) groups is 2. The van der Waals surface area contributed by atoms with Crippen molar-refractivity contribution in [1.29, 1.82) is 0 Å². The van der Waals surface area contributed by atoms with Crippen LogP contribution in [0.25, 0.3) is 0 Å². The predicted octanol–water partition coefficient (Wildman–Crippen LogP) is 1.27. The first kappa shape index (κ1) is 12.6. The maximum absolute atomic E-state index is 12.4. The lowest BCUT2D eigenvalue weighted by Crippen LogP contribution is -2.33. The summed E-state index contributed by atoms with van der Waals surface area (Å²) in [4.78, 5) is 26.6. The smallest absolute Gasteiger partial charge is 0.307 e. The van der Waals surface area contributed by atoms with Gasteiger partial charge in [0.2, 0.25) is 5.91 Å². The van der Waals surface area contributed by atoms with Crippen LogP contribution in [0, 0.1) is 0 Å². The molecule has 1 aliphatic heterocycles. The molecule has 0 radical (unpaired) electrons. The van der Waals surface area contributed by atoms with Gasteiger partial charge in [0.05, 0.1) is 13.5 Å². The summed E-state index contributed by atoms with van der Waals surface area (Å²) in [5.74, 6) is -0.163. The summed E-state index contributed by atoms with van der Waals surface area (Å²) >= 11 is 1.62. The van der Waals surface area contributed by atoms with Gasteiger partial charge in [-0.2, -0.15) is 0 Å². The van der Waals surface area contributed by atoms with E-state index in [-0.39, 0.29) is 30.0 Å². The van der Waals surface area contributed by atoms with Crippen LogP contribution in [0.3, 0.4) is 0 Å². The molecular weight excluding hydrogens is 264 g/mol. The summed E-state index contributed by atoms with van der Waals surface area (Å²) in [6.45, 7) is 0.406. The minimum atomic E-state index is -0.356. The highest BCUT2D eigenvalue weighted by molar-refractivity contribution is 7.10. The average molecular weight is 280 g/mol. The lowest BCUT2D eigenvalue weighted by molar-refractivity contribution is -0.141. The van der Waals surface area contributed by atoms with Crippen molar-refractivity contribution in [2.45, 2.75) is 31.0 Å². The number of ether oxygens (including phenoxy) is 1. The van der Waals surface area contributed by atoms with Crippen LogP contribution in [0.2, 0.25) is 0 Å². The highest BCUT2D eigenvalue weighted by Gasteiger charge is 2.59. The van der Waals surface area contributed by atoms with Gasteiger partial charge < -0.3 is 9.64 Å².